The van der Waals surface area contributed by atoms with Gasteiger partial charge < -0.3 is 0 Å². The SMILES string of the molecule is Cc1c2ccccc2c(-c2ccccc2)c2cc(C(C)(C)C)ccc12. The molecule has 4 aromatic rings. The lowest BCUT2D eigenvalue weighted by molar-refractivity contribution is 0.591. The van der Waals surface area contributed by atoms with Crippen LogP contribution in [0, 0.1) is 6.92 Å². The van der Waals surface area contributed by atoms with Gasteiger partial charge in [-0.2, -0.15) is 0 Å². The van der Waals surface area contributed by atoms with Crippen molar-refractivity contribution in [2.75, 3.05) is 0 Å². The van der Waals surface area contributed by atoms with E-state index in [1.165, 1.54) is 43.8 Å². The molecule has 0 aromatic heterocycles. The third-order valence-electron chi connectivity index (χ3n) is 5.22. The van der Waals surface area contributed by atoms with Crippen LogP contribution in [0.2, 0.25) is 0 Å². The Balaban J connectivity index is 2.22. The monoisotopic (exact) mass is 324 g/mol. The van der Waals surface area contributed by atoms with Gasteiger partial charge in [0.2, 0.25) is 0 Å². The summed E-state index contributed by atoms with van der Waals surface area (Å²) in [6, 6.07) is 26.6. The zero-order chi connectivity index (χ0) is 17.6. The molecule has 0 aliphatic carbocycles. The molecule has 4 rings (SSSR count). The summed E-state index contributed by atoms with van der Waals surface area (Å²) in [6.45, 7) is 9.09. The summed E-state index contributed by atoms with van der Waals surface area (Å²) in [5.41, 5.74) is 5.53. The van der Waals surface area contributed by atoms with Crippen LogP contribution in [0.5, 0.6) is 0 Å². The van der Waals surface area contributed by atoms with Crippen molar-refractivity contribution >= 4 is 21.5 Å². The zero-order valence-corrected chi connectivity index (χ0v) is 15.4. The Morgan fingerprint density at radius 2 is 1.20 bits per heavy atom. The van der Waals surface area contributed by atoms with E-state index in [-0.39, 0.29) is 5.41 Å². The number of fused-ring (bicyclic) bond motifs is 2. The summed E-state index contributed by atoms with van der Waals surface area (Å²) in [7, 11) is 0. The fourth-order valence-electron chi connectivity index (χ4n) is 3.78. The molecule has 25 heavy (non-hydrogen) atoms. The van der Waals surface area contributed by atoms with E-state index in [0.29, 0.717) is 0 Å². The van der Waals surface area contributed by atoms with Crippen molar-refractivity contribution in [1.82, 2.24) is 0 Å². The van der Waals surface area contributed by atoms with Crippen molar-refractivity contribution in [2.45, 2.75) is 33.1 Å². The van der Waals surface area contributed by atoms with Crippen LogP contribution in [0.15, 0.2) is 72.8 Å². The van der Waals surface area contributed by atoms with Gasteiger partial charge >= 0.3 is 0 Å². The average molecular weight is 324 g/mol. The maximum absolute atomic E-state index is 2.40. The second kappa shape index (κ2) is 5.74. The van der Waals surface area contributed by atoms with Crippen LogP contribution in [-0.2, 0) is 5.41 Å². The van der Waals surface area contributed by atoms with Crippen molar-refractivity contribution in [3.8, 4) is 11.1 Å². The average Bonchev–Trinajstić information content (AvgIpc) is 2.62. The lowest BCUT2D eigenvalue weighted by Crippen LogP contribution is -2.10. The second-order valence-electron chi connectivity index (χ2n) is 7.92. The fraction of sp³-hybridized carbons (Fsp3) is 0.200. The minimum absolute atomic E-state index is 0.141. The van der Waals surface area contributed by atoms with E-state index >= 15 is 0 Å². The molecule has 0 fully saturated rings. The van der Waals surface area contributed by atoms with Crippen LogP contribution < -0.4 is 0 Å². The highest BCUT2D eigenvalue weighted by atomic mass is 14.2. The fourth-order valence-corrected chi connectivity index (χ4v) is 3.78. The first-order valence-electron chi connectivity index (χ1n) is 8.98. The molecule has 0 spiro atoms. The molecule has 0 radical (unpaired) electrons. The summed E-state index contributed by atoms with van der Waals surface area (Å²) in [4.78, 5) is 0. The molecule has 0 N–H and O–H groups in total. The lowest BCUT2D eigenvalue weighted by atomic mass is 9.82. The normalized spacial score (nSPS) is 12.0. The van der Waals surface area contributed by atoms with Crippen LogP contribution in [-0.4, -0.2) is 0 Å². The van der Waals surface area contributed by atoms with Crippen LogP contribution in [0.4, 0.5) is 0 Å². The predicted octanol–water partition coefficient (Wildman–Crippen LogP) is 7.27. The summed E-state index contributed by atoms with van der Waals surface area (Å²) in [5, 5.41) is 5.39. The topological polar surface area (TPSA) is 0 Å². The molecule has 0 aliphatic rings. The standard InChI is InChI=1S/C25H24/c1-17-20-12-8-9-13-22(20)24(18-10-6-5-7-11-18)23-16-19(25(2,3)4)14-15-21(17)23/h5-16H,1-4H3. The first kappa shape index (κ1) is 15.9. The van der Waals surface area contributed by atoms with E-state index in [2.05, 4.69) is 100 Å². The minimum Gasteiger partial charge on any atom is -0.0622 e. The molecule has 4 aromatic carbocycles. The van der Waals surface area contributed by atoms with Crippen LogP contribution in [0.25, 0.3) is 32.7 Å². The molecule has 0 atom stereocenters. The van der Waals surface area contributed by atoms with Crippen LogP contribution in [0.3, 0.4) is 0 Å². The molecular weight excluding hydrogens is 300 g/mol. The van der Waals surface area contributed by atoms with Gasteiger partial charge in [0.15, 0.2) is 0 Å². The molecule has 0 saturated heterocycles. The Kier molecular flexibility index (Phi) is 3.65. The van der Waals surface area contributed by atoms with E-state index in [4.69, 9.17) is 0 Å². The molecule has 0 amide bonds. The highest BCUT2D eigenvalue weighted by Crippen LogP contribution is 2.40. The Bertz CT molecular complexity index is 1060. The van der Waals surface area contributed by atoms with Crippen LogP contribution >= 0.6 is 0 Å². The molecule has 0 aliphatic heterocycles. The summed E-state index contributed by atoms with van der Waals surface area (Å²) in [5.74, 6) is 0. The van der Waals surface area contributed by atoms with Gasteiger partial charge in [-0.05, 0) is 62.2 Å². The van der Waals surface area contributed by atoms with E-state index in [1.54, 1.807) is 0 Å². The van der Waals surface area contributed by atoms with Crippen molar-refractivity contribution in [2.24, 2.45) is 0 Å². The van der Waals surface area contributed by atoms with Gasteiger partial charge in [0.1, 0.15) is 0 Å². The smallest absolute Gasteiger partial charge is 0.00265 e. The van der Waals surface area contributed by atoms with Crippen molar-refractivity contribution in [3.63, 3.8) is 0 Å². The Morgan fingerprint density at radius 3 is 1.88 bits per heavy atom. The van der Waals surface area contributed by atoms with Crippen LogP contribution in [0.1, 0.15) is 31.9 Å². The van der Waals surface area contributed by atoms with Crippen molar-refractivity contribution in [3.05, 3.63) is 83.9 Å². The van der Waals surface area contributed by atoms with E-state index in [0.717, 1.165) is 0 Å². The lowest BCUT2D eigenvalue weighted by Gasteiger charge is -2.22. The molecule has 124 valence electrons. The Labute approximate surface area is 150 Å². The first-order valence-corrected chi connectivity index (χ1v) is 8.98. The summed E-state index contributed by atoms with van der Waals surface area (Å²) in [6.07, 6.45) is 0. The number of benzene rings is 4. The molecule has 0 unspecified atom stereocenters. The molecule has 0 heterocycles. The quantitative estimate of drug-likeness (QED) is 0.323. The summed E-state index contributed by atoms with van der Waals surface area (Å²) >= 11 is 0. The number of hydrogen-bond acceptors (Lipinski definition) is 0. The molecule has 0 nitrogen and oxygen atoms in total. The molecule has 0 heteroatoms. The second-order valence-corrected chi connectivity index (χ2v) is 7.92. The van der Waals surface area contributed by atoms with Gasteiger partial charge in [0.05, 0.1) is 0 Å². The predicted molar refractivity (Wildman–Crippen MR) is 110 cm³/mol. The van der Waals surface area contributed by atoms with Gasteiger partial charge in [-0.3, -0.25) is 0 Å². The van der Waals surface area contributed by atoms with Gasteiger partial charge in [0, 0.05) is 0 Å². The Morgan fingerprint density at radius 1 is 0.600 bits per heavy atom. The third-order valence-corrected chi connectivity index (χ3v) is 5.22. The van der Waals surface area contributed by atoms with Gasteiger partial charge in [-0.1, -0.05) is 87.5 Å². The van der Waals surface area contributed by atoms with Crippen molar-refractivity contribution < 1.29 is 0 Å². The molecule has 0 saturated carbocycles. The number of rotatable bonds is 1. The van der Waals surface area contributed by atoms with Gasteiger partial charge in [0.25, 0.3) is 0 Å². The molecular formula is C25H24. The zero-order valence-electron chi connectivity index (χ0n) is 15.4. The highest BCUT2D eigenvalue weighted by Gasteiger charge is 2.18. The summed E-state index contributed by atoms with van der Waals surface area (Å²) < 4.78 is 0. The Hall–Kier alpha value is -2.60. The highest BCUT2D eigenvalue weighted by molar-refractivity contribution is 6.15. The molecule has 0 bridgehead atoms. The van der Waals surface area contributed by atoms with E-state index in [1.807, 2.05) is 0 Å². The third kappa shape index (κ3) is 2.62. The maximum atomic E-state index is 2.40. The largest absolute Gasteiger partial charge is 0.0622 e. The van der Waals surface area contributed by atoms with Gasteiger partial charge in [-0.15, -0.1) is 0 Å². The minimum atomic E-state index is 0.141. The maximum Gasteiger partial charge on any atom is -0.00265 e. The first-order chi connectivity index (χ1) is 12.0. The van der Waals surface area contributed by atoms with E-state index < -0.39 is 0 Å². The van der Waals surface area contributed by atoms with Crippen molar-refractivity contribution in [1.29, 1.82) is 0 Å². The van der Waals surface area contributed by atoms with E-state index in [9.17, 15) is 0 Å². The number of aryl methyl sites for hydroxylation is 1. The number of hydrogen-bond donors (Lipinski definition) is 0. The van der Waals surface area contributed by atoms with Gasteiger partial charge in [-0.25, -0.2) is 0 Å².